The monoisotopic (exact) mass is 361 g/mol. The zero-order valence-electron chi connectivity index (χ0n) is 14.3. The number of anilines is 1. The van der Waals surface area contributed by atoms with E-state index in [2.05, 4.69) is 10.3 Å². The number of piperidine rings is 1. The van der Waals surface area contributed by atoms with Crippen molar-refractivity contribution in [3.63, 3.8) is 0 Å². The average molecular weight is 361 g/mol. The van der Waals surface area contributed by atoms with Crippen molar-refractivity contribution in [2.45, 2.75) is 30.7 Å². The van der Waals surface area contributed by atoms with Crippen molar-refractivity contribution in [1.29, 1.82) is 0 Å². The van der Waals surface area contributed by atoms with Gasteiger partial charge in [-0.05, 0) is 31.0 Å². The zero-order valence-corrected chi connectivity index (χ0v) is 15.1. The lowest BCUT2D eigenvalue weighted by Crippen LogP contribution is -2.35. The van der Waals surface area contributed by atoms with E-state index in [1.165, 1.54) is 6.20 Å². The Labute approximate surface area is 148 Å². The minimum atomic E-state index is -3.43. The minimum Gasteiger partial charge on any atom is -0.496 e. The highest BCUT2D eigenvalue weighted by molar-refractivity contribution is 7.89. The van der Waals surface area contributed by atoms with E-state index < -0.39 is 10.0 Å². The summed E-state index contributed by atoms with van der Waals surface area (Å²) in [5.74, 6) is 1.43. The number of methoxy groups -OCH3 is 1. The van der Waals surface area contributed by atoms with E-state index in [0.29, 0.717) is 25.5 Å². The Balaban J connectivity index is 1.68. The highest BCUT2D eigenvalue weighted by atomic mass is 32.2. The number of aromatic nitrogens is 1. The number of hydrogen-bond donors (Lipinski definition) is 1. The van der Waals surface area contributed by atoms with Gasteiger partial charge in [-0.15, -0.1) is 0 Å². The molecular formula is C18H23N3O3S. The molecule has 0 unspecified atom stereocenters. The van der Waals surface area contributed by atoms with Gasteiger partial charge in [0.1, 0.15) is 16.5 Å². The Morgan fingerprint density at radius 1 is 1.12 bits per heavy atom. The molecule has 0 spiro atoms. The second-order valence-corrected chi connectivity index (χ2v) is 7.95. The second-order valence-electron chi connectivity index (χ2n) is 6.01. The van der Waals surface area contributed by atoms with Crippen LogP contribution in [0.1, 0.15) is 24.8 Å². The molecule has 3 rings (SSSR count). The van der Waals surface area contributed by atoms with Gasteiger partial charge in [-0.1, -0.05) is 24.6 Å². The fraction of sp³-hybridized carbons (Fsp3) is 0.389. The van der Waals surface area contributed by atoms with E-state index >= 15 is 0 Å². The highest BCUT2D eigenvalue weighted by Crippen LogP contribution is 2.22. The van der Waals surface area contributed by atoms with Gasteiger partial charge in [-0.3, -0.25) is 0 Å². The summed E-state index contributed by atoms with van der Waals surface area (Å²) in [6.45, 7) is 1.74. The molecule has 1 aliphatic rings. The van der Waals surface area contributed by atoms with Crippen molar-refractivity contribution in [2.75, 3.05) is 25.5 Å². The predicted octanol–water partition coefficient (Wildman–Crippen LogP) is 2.88. The van der Waals surface area contributed by atoms with Crippen LogP contribution in [-0.4, -0.2) is 37.9 Å². The first kappa shape index (κ1) is 17.7. The fourth-order valence-corrected chi connectivity index (χ4v) is 4.39. The van der Waals surface area contributed by atoms with E-state index in [1.807, 2.05) is 24.3 Å². The molecule has 1 fully saturated rings. The largest absolute Gasteiger partial charge is 0.496 e. The minimum absolute atomic E-state index is 0.247. The molecule has 0 aliphatic carbocycles. The second kappa shape index (κ2) is 7.84. The molecule has 1 aromatic carbocycles. The molecule has 0 bridgehead atoms. The van der Waals surface area contributed by atoms with Gasteiger partial charge in [0.25, 0.3) is 0 Å². The van der Waals surface area contributed by atoms with Crippen LogP contribution in [0.25, 0.3) is 0 Å². The molecule has 0 atom stereocenters. The summed E-state index contributed by atoms with van der Waals surface area (Å²) in [7, 11) is -1.80. The maximum atomic E-state index is 12.6. The Hall–Kier alpha value is -2.12. The van der Waals surface area contributed by atoms with E-state index in [1.54, 1.807) is 23.5 Å². The Kier molecular flexibility index (Phi) is 5.55. The molecule has 1 aromatic heterocycles. The number of rotatable bonds is 6. The predicted molar refractivity (Wildman–Crippen MR) is 97.2 cm³/mol. The fourth-order valence-electron chi connectivity index (χ4n) is 2.93. The summed E-state index contributed by atoms with van der Waals surface area (Å²) in [5, 5.41) is 3.19. The topological polar surface area (TPSA) is 71.5 Å². The average Bonchev–Trinajstić information content (AvgIpc) is 2.67. The number of sulfonamides is 1. The summed E-state index contributed by atoms with van der Waals surface area (Å²) < 4.78 is 32.1. The molecule has 7 heteroatoms. The van der Waals surface area contributed by atoms with Crippen LogP contribution < -0.4 is 10.1 Å². The van der Waals surface area contributed by atoms with Crippen LogP contribution in [0, 0.1) is 0 Å². The number of nitrogens with one attached hydrogen (secondary N) is 1. The van der Waals surface area contributed by atoms with Crippen molar-refractivity contribution >= 4 is 15.8 Å². The van der Waals surface area contributed by atoms with Gasteiger partial charge in [-0.2, -0.15) is 4.31 Å². The molecule has 2 aromatic rings. The number of hydrogen-bond acceptors (Lipinski definition) is 5. The van der Waals surface area contributed by atoms with E-state index in [4.69, 9.17) is 4.74 Å². The van der Waals surface area contributed by atoms with E-state index in [9.17, 15) is 8.42 Å². The van der Waals surface area contributed by atoms with Crippen LogP contribution >= 0.6 is 0 Å². The van der Waals surface area contributed by atoms with Crippen molar-refractivity contribution in [1.82, 2.24) is 9.29 Å². The maximum Gasteiger partial charge on any atom is 0.244 e. The molecule has 1 aliphatic heterocycles. The number of pyridine rings is 1. The maximum absolute atomic E-state index is 12.6. The molecule has 6 nitrogen and oxygen atoms in total. The van der Waals surface area contributed by atoms with Gasteiger partial charge < -0.3 is 10.1 Å². The number of benzene rings is 1. The van der Waals surface area contributed by atoms with Crippen molar-refractivity contribution in [3.05, 3.63) is 48.2 Å². The van der Waals surface area contributed by atoms with E-state index in [-0.39, 0.29) is 4.90 Å². The lowest BCUT2D eigenvalue weighted by Gasteiger charge is -2.25. The van der Waals surface area contributed by atoms with Crippen molar-refractivity contribution in [3.8, 4) is 5.75 Å². The summed E-state index contributed by atoms with van der Waals surface area (Å²) >= 11 is 0. The summed E-state index contributed by atoms with van der Waals surface area (Å²) in [6.07, 6.45) is 4.36. The van der Waals surface area contributed by atoms with Gasteiger partial charge in [0.2, 0.25) is 10.0 Å². The molecule has 0 amide bonds. The van der Waals surface area contributed by atoms with Gasteiger partial charge in [0.05, 0.1) is 7.11 Å². The van der Waals surface area contributed by atoms with Gasteiger partial charge in [0, 0.05) is 31.4 Å². The Morgan fingerprint density at radius 2 is 1.88 bits per heavy atom. The molecule has 0 radical (unpaired) electrons. The number of para-hydroxylation sites is 1. The van der Waals surface area contributed by atoms with Crippen molar-refractivity contribution < 1.29 is 13.2 Å². The third kappa shape index (κ3) is 4.11. The standard InChI is InChI=1S/C18H23N3O3S/c1-24-17-8-4-3-7-15(17)13-19-18-10-9-16(14-20-18)25(22,23)21-11-5-2-6-12-21/h3-4,7-10,14H,2,5-6,11-13H2,1H3,(H,19,20). The van der Waals surface area contributed by atoms with E-state index in [0.717, 1.165) is 30.6 Å². The smallest absolute Gasteiger partial charge is 0.244 e. The number of nitrogens with zero attached hydrogens (tertiary/aromatic N) is 2. The first-order chi connectivity index (χ1) is 12.1. The zero-order chi connectivity index (χ0) is 17.7. The number of ether oxygens (including phenoxy) is 1. The molecule has 134 valence electrons. The Bertz CT molecular complexity index is 801. The van der Waals surface area contributed by atoms with Crippen LogP contribution in [0.3, 0.4) is 0 Å². The molecule has 1 saturated heterocycles. The SMILES string of the molecule is COc1ccccc1CNc1ccc(S(=O)(=O)N2CCCCC2)cn1. The van der Waals surface area contributed by atoms with Crippen LogP contribution in [-0.2, 0) is 16.6 Å². The van der Waals surface area contributed by atoms with Gasteiger partial charge in [-0.25, -0.2) is 13.4 Å². The molecular weight excluding hydrogens is 338 g/mol. The lowest BCUT2D eigenvalue weighted by atomic mass is 10.2. The van der Waals surface area contributed by atoms with Crippen LogP contribution in [0.2, 0.25) is 0 Å². The molecule has 1 N–H and O–H groups in total. The van der Waals surface area contributed by atoms with Crippen LogP contribution in [0.4, 0.5) is 5.82 Å². The molecule has 25 heavy (non-hydrogen) atoms. The van der Waals surface area contributed by atoms with Gasteiger partial charge in [0.15, 0.2) is 0 Å². The molecule has 2 heterocycles. The Morgan fingerprint density at radius 3 is 2.56 bits per heavy atom. The highest BCUT2D eigenvalue weighted by Gasteiger charge is 2.26. The quantitative estimate of drug-likeness (QED) is 0.857. The first-order valence-corrected chi connectivity index (χ1v) is 9.87. The van der Waals surface area contributed by atoms with Crippen LogP contribution in [0.5, 0.6) is 5.75 Å². The summed E-state index contributed by atoms with van der Waals surface area (Å²) in [4.78, 5) is 4.50. The summed E-state index contributed by atoms with van der Waals surface area (Å²) in [5.41, 5.74) is 1.01. The summed E-state index contributed by atoms with van der Waals surface area (Å²) in [6, 6.07) is 11.1. The normalized spacial score (nSPS) is 15.7. The van der Waals surface area contributed by atoms with Crippen molar-refractivity contribution in [2.24, 2.45) is 0 Å². The van der Waals surface area contributed by atoms with Crippen LogP contribution in [0.15, 0.2) is 47.5 Å². The van der Waals surface area contributed by atoms with Gasteiger partial charge >= 0.3 is 0 Å². The third-order valence-corrected chi connectivity index (χ3v) is 6.22. The molecule has 0 saturated carbocycles. The lowest BCUT2D eigenvalue weighted by molar-refractivity contribution is 0.346. The third-order valence-electron chi connectivity index (χ3n) is 4.34. The first-order valence-electron chi connectivity index (χ1n) is 8.43.